The van der Waals surface area contributed by atoms with Gasteiger partial charge in [0, 0.05) is 23.4 Å². The lowest BCUT2D eigenvalue weighted by atomic mass is 10.1. The molecule has 0 aliphatic carbocycles. The highest BCUT2D eigenvalue weighted by Gasteiger charge is 2.17. The molecule has 0 saturated heterocycles. The van der Waals surface area contributed by atoms with Crippen LogP contribution in [-0.4, -0.2) is 28.4 Å². The highest BCUT2D eigenvalue weighted by atomic mass is 32.2. The number of thioether (sulfide) groups is 1. The zero-order valence-corrected chi connectivity index (χ0v) is 11.7. The molecule has 0 saturated carbocycles. The Morgan fingerprint density at radius 2 is 2.26 bits per heavy atom. The maximum absolute atomic E-state index is 11.0. The Hall–Kier alpha value is -1.76. The van der Waals surface area contributed by atoms with E-state index in [1.807, 2.05) is 6.92 Å². The number of nitrogens with two attached hydrogens (primary N) is 1. The Labute approximate surface area is 115 Å². The number of nitro benzene ring substituents is 1. The molecular formula is C12H17N3O3S. The van der Waals surface area contributed by atoms with Crippen molar-refractivity contribution in [3.05, 3.63) is 33.9 Å². The van der Waals surface area contributed by atoms with Gasteiger partial charge in [-0.15, -0.1) is 0 Å². The second-order valence-corrected chi connectivity index (χ2v) is 5.38. The molecule has 1 aromatic carbocycles. The first-order valence-electron chi connectivity index (χ1n) is 5.88. The van der Waals surface area contributed by atoms with E-state index in [9.17, 15) is 14.9 Å². The Morgan fingerprint density at radius 1 is 1.58 bits per heavy atom. The second kappa shape index (κ2) is 6.98. The minimum Gasteiger partial charge on any atom is -0.376 e. The molecule has 1 atom stereocenters. The molecule has 0 aromatic heterocycles. The van der Waals surface area contributed by atoms with Crippen LogP contribution in [0.1, 0.15) is 24.2 Å². The van der Waals surface area contributed by atoms with Crippen molar-refractivity contribution in [2.24, 2.45) is 5.73 Å². The summed E-state index contributed by atoms with van der Waals surface area (Å²) in [5.74, 6) is 1.17. The average Bonchev–Trinajstić information content (AvgIpc) is 2.36. The number of hydrogen-bond acceptors (Lipinski definition) is 5. The van der Waals surface area contributed by atoms with Gasteiger partial charge in [0.25, 0.3) is 5.69 Å². The summed E-state index contributed by atoms with van der Waals surface area (Å²) in [7, 11) is 0. The third kappa shape index (κ3) is 4.44. The third-order valence-electron chi connectivity index (χ3n) is 2.45. The van der Waals surface area contributed by atoms with Gasteiger partial charge in [-0.2, -0.15) is 11.8 Å². The molecule has 1 rings (SSSR count). The molecule has 0 radical (unpaired) electrons. The highest BCUT2D eigenvalue weighted by Crippen LogP contribution is 2.26. The lowest BCUT2D eigenvalue weighted by Crippen LogP contribution is -2.19. The molecule has 0 aliphatic rings. The number of primary amides is 1. The Morgan fingerprint density at radius 3 is 2.79 bits per heavy atom. The van der Waals surface area contributed by atoms with Crippen molar-refractivity contribution in [2.75, 3.05) is 16.8 Å². The van der Waals surface area contributed by atoms with E-state index in [0.29, 0.717) is 5.69 Å². The number of anilines is 1. The van der Waals surface area contributed by atoms with Crippen molar-refractivity contribution >= 4 is 29.0 Å². The van der Waals surface area contributed by atoms with Crippen LogP contribution in [0.5, 0.6) is 0 Å². The number of nitro groups is 1. The molecule has 1 unspecified atom stereocenters. The molecule has 0 spiro atoms. The lowest BCUT2D eigenvalue weighted by molar-refractivity contribution is -0.384. The monoisotopic (exact) mass is 283 g/mol. The van der Waals surface area contributed by atoms with Crippen molar-refractivity contribution in [1.29, 1.82) is 0 Å². The van der Waals surface area contributed by atoms with Gasteiger partial charge in [-0.25, -0.2) is 0 Å². The fourth-order valence-corrected chi connectivity index (χ4v) is 2.23. The summed E-state index contributed by atoms with van der Waals surface area (Å²) in [6.07, 6.45) is 0. The molecule has 0 heterocycles. The number of rotatable bonds is 7. The van der Waals surface area contributed by atoms with Crippen molar-refractivity contribution in [1.82, 2.24) is 0 Å². The van der Waals surface area contributed by atoms with Gasteiger partial charge in [-0.3, -0.25) is 14.9 Å². The second-order valence-electron chi connectivity index (χ2n) is 4.06. The van der Waals surface area contributed by atoms with E-state index in [1.54, 1.807) is 11.8 Å². The maximum Gasteiger partial charge on any atom is 0.293 e. The zero-order valence-electron chi connectivity index (χ0n) is 10.9. The molecule has 1 aromatic rings. The Balaban J connectivity index is 2.94. The SMILES string of the molecule is CCSCC(C)Nc1ccc(C(N)=O)cc1[N+](=O)[O-]. The van der Waals surface area contributed by atoms with Crippen molar-refractivity contribution < 1.29 is 9.72 Å². The van der Waals surface area contributed by atoms with Crippen LogP contribution in [0.3, 0.4) is 0 Å². The first-order chi connectivity index (χ1) is 8.95. The van der Waals surface area contributed by atoms with Crippen LogP contribution >= 0.6 is 11.8 Å². The van der Waals surface area contributed by atoms with Gasteiger partial charge in [0.15, 0.2) is 0 Å². The zero-order chi connectivity index (χ0) is 14.4. The molecule has 0 bridgehead atoms. The van der Waals surface area contributed by atoms with E-state index >= 15 is 0 Å². The minimum absolute atomic E-state index is 0.100. The van der Waals surface area contributed by atoms with Gasteiger partial charge in [0.2, 0.25) is 5.91 Å². The molecule has 6 nitrogen and oxygen atoms in total. The fraction of sp³-hybridized carbons (Fsp3) is 0.417. The number of nitrogens with zero attached hydrogens (tertiary/aromatic N) is 1. The van der Waals surface area contributed by atoms with E-state index in [1.165, 1.54) is 18.2 Å². The quantitative estimate of drug-likeness (QED) is 0.590. The molecule has 7 heteroatoms. The van der Waals surface area contributed by atoms with Gasteiger partial charge in [0.05, 0.1) is 4.92 Å². The summed E-state index contributed by atoms with van der Waals surface area (Å²) in [5, 5.41) is 14.1. The number of benzene rings is 1. The summed E-state index contributed by atoms with van der Waals surface area (Å²) in [5.41, 5.74) is 5.51. The van der Waals surface area contributed by atoms with Crippen molar-refractivity contribution in [2.45, 2.75) is 19.9 Å². The summed E-state index contributed by atoms with van der Waals surface area (Å²) < 4.78 is 0. The van der Waals surface area contributed by atoms with Crippen LogP contribution in [0, 0.1) is 10.1 Å². The molecule has 104 valence electrons. The van der Waals surface area contributed by atoms with E-state index in [4.69, 9.17) is 5.73 Å². The predicted octanol–water partition coefficient (Wildman–Crippen LogP) is 2.25. The van der Waals surface area contributed by atoms with E-state index in [-0.39, 0.29) is 17.3 Å². The van der Waals surface area contributed by atoms with Crippen molar-refractivity contribution in [3.8, 4) is 0 Å². The topological polar surface area (TPSA) is 98.3 Å². The van der Waals surface area contributed by atoms with Crippen LogP contribution in [0.25, 0.3) is 0 Å². The normalized spacial score (nSPS) is 11.9. The van der Waals surface area contributed by atoms with Gasteiger partial charge in [-0.1, -0.05) is 6.92 Å². The summed E-state index contributed by atoms with van der Waals surface area (Å²) in [6.45, 7) is 4.01. The largest absolute Gasteiger partial charge is 0.376 e. The molecule has 0 aliphatic heterocycles. The summed E-state index contributed by atoms with van der Waals surface area (Å²) in [4.78, 5) is 21.5. The van der Waals surface area contributed by atoms with Crippen LogP contribution in [0.2, 0.25) is 0 Å². The number of amides is 1. The van der Waals surface area contributed by atoms with Crippen LogP contribution in [0.15, 0.2) is 18.2 Å². The number of hydrogen-bond donors (Lipinski definition) is 2. The molecule has 19 heavy (non-hydrogen) atoms. The van der Waals surface area contributed by atoms with Crippen LogP contribution in [0.4, 0.5) is 11.4 Å². The third-order valence-corrected chi connectivity index (χ3v) is 3.60. The Bertz CT molecular complexity index is 479. The van der Waals surface area contributed by atoms with E-state index < -0.39 is 10.8 Å². The minimum atomic E-state index is -0.677. The predicted molar refractivity (Wildman–Crippen MR) is 77.7 cm³/mol. The standard InChI is InChI=1S/C12H17N3O3S/c1-3-19-7-8(2)14-10-5-4-9(12(13)16)6-11(10)15(17)18/h4-6,8,14H,3,7H2,1-2H3,(H2,13,16). The smallest absolute Gasteiger partial charge is 0.293 e. The molecule has 3 N–H and O–H groups in total. The van der Waals surface area contributed by atoms with Gasteiger partial charge >= 0.3 is 0 Å². The van der Waals surface area contributed by atoms with Crippen molar-refractivity contribution in [3.63, 3.8) is 0 Å². The van der Waals surface area contributed by atoms with Gasteiger partial charge < -0.3 is 11.1 Å². The molecule has 0 fully saturated rings. The average molecular weight is 283 g/mol. The van der Waals surface area contributed by atoms with Crippen LogP contribution in [-0.2, 0) is 0 Å². The molecular weight excluding hydrogens is 266 g/mol. The van der Waals surface area contributed by atoms with E-state index in [2.05, 4.69) is 12.2 Å². The van der Waals surface area contributed by atoms with Crippen LogP contribution < -0.4 is 11.1 Å². The van der Waals surface area contributed by atoms with Gasteiger partial charge in [0.1, 0.15) is 5.69 Å². The van der Waals surface area contributed by atoms with E-state index in [0.717, 1.165) is 11.5 Å². The maximum atomic E-state index is 11.0. The summed E-state index contributed by atoms with van der Waals surface area (Å²) in [6, 6.07) is 4.30. The first-order valence-corrected chi connectivity index (χ1v) is 7.03. The Kier molecular flexibility index (Phi) is 5.62. The number of nitrogens with one attached hydrogen (secondary N) is 1. The number of carbonyl (C=O) groups is 1. The summed E-state index contributed by atoms with van der Waals surface area (Å²) >= 11 is 1.75. The highest BCUT2D eigenvalue weighted by molar-refractivity contribution is 7.99. The number of carbonyl (C=O) groups excluding carboxylic acids is 1. The first kappa shape index (κ1) is 15.3. The molecule has 1 amide bonds. The lowest BCUT2D eigenvalue weighted by Gasteiger charge is -2.14. The fourth-order valence-electron chi connectivity index (χ4n) is 1.56. The van der Waals surface area contributed by atoms with Gasteiger partial charge in [-0.05, 0) is 24.8 Å².